The van der Waals surface area contributed by atoms with Crippen molar-refractivity contribution in [2.24, 2.45) is 5.73 Å². The molecule has 0 saturated carbocycles. The first-order valence-electron chi connectivity index (χ1n) is 6.03. The fourth-order valence-electron chi connectivity index (χ4n) is 2.26. The molecule has 99 valence electrons. The number of rotatable bonds is 3. The van der Waals surface area contributed by atoms with E-state index in [0.29, 0.717) is 17.2 Å². The minimum Gasteiger partial charge on any atom is -0.380 e. The number of primary amides is 1. The average molecular weight is 260 g/mol. The number of pyridine rings is 1. The zero-order valence-electron chi connectivity index (χ0n) is 10.5. The Bertz CT molecular complexity index is 624. The summed E-state index contributed by atoms with van der Waals surface area (Å²) in [6, 6.07) is 4.35. The second-order valence-electron chi connectivity index (χ2n) is 4.49. The molecular formula is C12H14N5O2. The number of nitrogens with two attached hydrogens (primary N) is 1. The Morgan fingerprint density at radius 3 is 3.16 bits per heavy atom. The van der Waals surface area contributed by atoms with E-state index in [0.717, 1.165) is 19.5 Å². The van der Waals surface area contributed by atoms with Gasteiger partial charge in [0, 0.05) is 32.5 Å². The van der Waals surface area contributed by atoms with E-state index < -0.39 is 5.91 Å². The van der Waals surface area contributed by atoms with Gasteiger partial charge in [0.05, 0.1) is 11.7 Å². The maximum Gasteiger partial charge on any atom is 0.252 e. The molecule has 2 aromatic heterocycles. The van der Waals surface area contributed by atoms with Gasteiger partial charge in [-0.05, 0) is 12.5 Å². The van der Waals surface area contributed by atoms with Crippen molar-refractivity contribution in [3.05, 3.63) is 23.9 Å². The maximum atomic E-state index is 11.3. The lowest BCUT2D eigenvalue weighted by atomic mass is 10.2. The molecule has 2 N–H and O–H groups in total. The van der Waals surface area contributed by atoms with Gasteiger partial charge in [0.15, 0.2) is 5.65 Å². The Morgan fingerprint density at radius 1 is 1.63 bits per heavy atom. The van der Waals surface area contributed by atoms with Gasteiger partial charge in [-0.1, -0.05) is 0 Å². The molecule has 0 spiro atoms. The fraction of sp³-hybridized carbons (Fsp3) is 0.417. The van der Waals surface area contributed by atoms with Crippen LogP contribution in [-0.2, 0) is 4.74 Å². The van der Waals surface area contributed by atoms with Crippen molar-refractivity contribution in [3.63, 3.8) is 0 Å². The van der Waals surface area contributed by atoms with E-state index in [9.17, 15) is 4.79 Å². The third-order valence-electron chi connectivity index (χ3n) is 3.31. The third-order valence-corrected chi connectivity index (χ3v) is 3.31. The van der Waals surface area contributed by atoms with Crippen LogP contribution < -0.4 is 10.6 Å². The first-order chi connectivity index (χ1) is 9.19. The van der Waals surface area contributed by atoms with E-state index >= 15 is 0 Å². The molecule has 1 aliphatic heterocycles. The Kier molecular flexibility index (Phi) is 2.83. The molecule has 1 unspecified atom stereocenters. The lowest BCUT2D eigenvalue weighted by Gasteiger charge is -2.12. The standard InChI is InChI=1S/C12H14N5O2/c1-19-8-4-6-16(7-8)12-14-11-9(10(13)18)3-2-5-17(11)15-12/h3,5,8H,4,6-7H2,1H3,(H2,13,18). The molecule has 7 heteroatoms. The average Bonchev–Trinajstić information content (AvgIpc) is 3.03. The largest absolute Gasteiger partial charge is 0.380 e. The number of methoxy groups -OCH3 is 1. The summed E-state index contributed by atoms with van der Waals surface area (Å²) >= 11 is 0. The summed E-state index contributed by atoms with van der Waals surface area (Å²) in [4.78, 5) is 17.8. The SMILES string of the molecule is COC1CCN(c2nc3c(C(N)=O)c[c]cn3n2)C1. The van der Waals surface area contributed by atoms with E-state index in [1.54, 1.807) is 13.3 Å². The first-order valence-corrected chi connectivity index (χ1v) is 6.03. The predicted molar refractivity (Wildman–Crippen MR) is 68.0 cm³/mol. The lowest BCUT2D eigenvalue weighted by molar-refractivity contribution is 0.100. The van der Waals surface area contributed by atoms with Crippen LogP contribution in [0.3, 0.4) is 0 Å². The highest BCUT2D eigenvalue weighted by Crippen LogP contribution is 2.19. The molecule has 1 fully saturated rings. The number of hydrogen-bond acceptors (Lipinski definition) is 5. The Labute approximate surface area is 110 Å². The van der Waals surface area contributed by atoms with Crippen LogP contribution in [-0.4, -0.2) is 46.8 Å². The molecule has 0 bridgehead atoms. The summed E-state index contributed by atoms with van der Waals surface area (Å²) in [7, 11) is 1.70. The third kappa shape index (κ3) is 2.01. The van der Waals surface area contributed by atoms with Gasteiger partial charge in [0.1, 0.15) is 0 Å². The second kappa shape index (κ2) is 4.51. The van der Waals surface area contributed by atoms with Gasteiger partial charge < -0.3 is 15.4 Å². The van der Waals surface area contributed by atoms with Crippen LogP contribution in [0.5, 0.6) is 0 Å². The highest BCUT2D eigenvalue weighted by molar-refractivity contribution is 5.98. The van der Waals surface area contributed by atoms with Crippen LogP contribution in [0.2, 0.25) is 0 Å². The quantitative estimate of drug-likeness (QED) is 0.829. The minimum atomic E-state index is -0.531. The summed E-state index contributed by atoms with van der Waals surface area (Å²) in [6.07, 6.45) is 2.78. The smallest absolute Gasteiger partial charge is 0.252 e. The number of ether oxygens (including phenoxy) is 1. The fourth-order valence-corrected chi connectivity index (χ4v) is 2.26. The van der Waals surface area contributed by atoms with Crippen molar-refractivity contribution in [1.29, 1.82) is 0 Å². The van der Waals surface area contributed by atoms with E-state index in [-0.39, 0.29) is 6.10 Å². The molecule has 0 aliphatic carbocycles. The number of hydrogen-bond donors (Lipinski definition) is 1. The van der Waals surface area contributed by atoms with Gasteiger partial charge in [-0.15, -0.1) is 5.10 Å². The summed E-state index contributed by atoms with van der Waals surface area (Å²) in [5, 5.41) is 4.34. The van der Waals surface area contributed by atoms with Crippen molar-refractivity contribution < 1.29 is 9.53 Å². The number of carbonyl (C=O) groups is 1. The summed E-state index contributed by atoms with van der Waals surface area (Å²) in [5.41, 5.74) is 6.10. The van der Waals surface area contributed by atoms with Crippen LogP contribution in [0.25, 0.3) is 5.65 Å². The molecule has 1 atom stereocenters. The number of nitrogens with zero attached hydrogens (tertiary/aromatic N) is 4. The van der Waals surface area contributed by atoms with Gasteiger partial charge in [0.25, 0.3) is 5.91 Å². The van der Waals surface area contributed by atoms with Crippen molar-refractivity contribution >= 4 is 17.5 Å². The van der Waals surface area contributed by atoms with E-state index in [1.165, 1.54) is 10.6 Å². The predicted octanol–water partition coefficient (Wildman–Crippen LogP) is -0.147. The van der Waals surface area contributed by atoms with Crippen LogP contribution in [0.1, 0.15) is 16.8 Å². The molecule has 1 radical (unpaired) electrons. The van der Waals surface area contributed by atoms with Crippen LogP contribution in [0, 0.1) is 6.07 Å². The summed E-state index contributed by atoms with van der Waals surface area (Å²) in [5.74, 6) is 0.0543. The van der Waals surface area contributed by atoms with Gasteiger partial charge in [0.2, 0.25) is 5.95 Å². The highest BCUT2D eigenvalue weighted by atomic mass is 16.5. The molecule has 7 nitrogen and oxygen atoms in total. The number of anilines is 1. The molecule has 2 aromatic rings. The van der Waals surface area contributed by atoms with Crippen LogP contribution in [0.15, 0.2) is 12.3 Å². The molecular weight excluding hydrogens is 246 g/mol. The number of amides is 1. The van der Waals surface area contributed by atoms with Crippen molar-refractivity contribution in [1.82, 2.24) is 14.6 Å². The topological polar surface area (TPSA) is 85.7 Å². The molecule has 0 aromatic carbocycles. The summed E-state index contributed by atoms with van der Waals surface area (Å²) < 4.78 is 6.84. The molecule has 3 heterocycles. The van der Waals surface area contributed by atoms with Crippen LogP contribution in [0.4, 0.5) is 5.95 Å². The van der Waals surface area contributed by atoms with Gasteiger partial charge >= 0.3 is 0 Å². The van der Waals surface area contributed by atoms with Crippen molar-refractivity contribution in [2.45, 2.75) is 12.5 Å². The second-order valence-corrected chi connectivity index (χ2v) is 4.49. The van der Waals surface area contributed by atoms with E-state index in [4.69, 9.17) is 10.5 Å². The zero-order chi connectivity index (χ0) is 13.4. The van der Waals surface area contributed by atoms with Gasteiger partial charge in [-0.25, -0.2) is 4.52 Å². The Hall–Kier alpha value is -2.15. The maximum absolute atomic E-state index is 11.3. The monoisotopic (exact) mass is 260 g/mol. The van der Waals surface area contributed by atoms with Crippen LogP contribution >= 0.6 is 0 Å². The molecule has 1 amide bonds. The molecule has 3 rings (SSSR count). The normalized spacial score (nSPS) is 19.2. The molecule has 1 aliphatic rings. The van der Waals surface area contributed by atoms with Gasteiger partial charge in [-0.2, -0.15) is 4.98 Å². The number of carbonyl (C=O) groups excluding carboxylic acids is 1. The van der Waals surface area contributed by atoms with E-state index in [1.807, 2.05) is 4.90 Å². The molecule has 1 saturated heterocycles. The Balaban J connectivity index is 1.98. The van der Waals surface area contributed by atoms with E-state index in [2.05, 4.69) is 16.1 Å². The Morgan fingerprint density at radius 2 is 2.47 bits per heavy atom. The summed E-state index contributed by atoms with van der Waals surface area (Å²) in [6.45, 7) is 1.59. The highest BCUT2D eigenvalue weighted by Gasteiger charge is 2.25. The zero-order valence-corrected chi connectivity index (χ0v) is 10.5. The molecule has 19 heavy (non-hydrogen) atoms. The lowest BCUT2D eigenvalue weighted by Crippen LogP contribution is -2.23. The number of aromatic nitrogens is 3. The first kappa shape index (κ1) is 11.9. The van der Waals surface area contributed by atoms with Gasteiger partial charge in [-0.3, -0.25) is 4.79 Å². The van der Waals surface area contributed by atoms with Crippen molar-refractivity contribution in [2.75, 3.05) is 25.1 Å². The minimum absolute atomic E-state index is 0.203. The van der Waals surface area contributed by atoms with Crippen molar-refractivity contribution in [3.8, 4) is 0 Å². The number of fused-ring (bicyclic) bond motifs is 1.